The number of nitro benzene ring substituents is 1. The fourth-order valence-corrected chi connectivity index (χ4v) is 1.87. The Kier molecular flexibility index (Phi) is 3.84. The molecule has 0 aliphatic heterocycles. The van der Waals surface area contributed by atoms with E-state index in [2.05, 4.69) is 0 Å². The van der Waals surface area contributed by atoms with Gasteiger partial charge in [0.1, 0.15) is 5.82 Å². The highest BCUT2D eigenvalue weighted by molar-refractivity contribution is 5.86. The lowest BCUT2D eigenvalue weighted by atomic mass is 10.0. The van der Waals surface area contributed by atoms with Gasteiger partial charge in [-0.2, -0.15) is 0 Å². The molecule has 2 rings (SSSR count). The van der Waals surface area contributed by atoms with E-state index >= 15 is 0 Å². The quantitative estimate of drug-likeness (QED) is 0.692. The third-order valence-electron chi connectivity index (χ3n) is 3.01. The van der Waals surface area contributed by atoms with E-state index in [0.717, 1.165) is 23.1 Å². The van der Waals surface area contributed by atoms with Crippen LogP contribution >= 0.6 is 0 Å². The third-order valence-corrected chi connectivity index (χ3v) is 3.01. The van der Waals surface area contributed by atoms with E-state index in [9.17, 15) is 19.3 Å². The SMILES string of the molecule is CN(C(=O)O)c1ccc(-c2cc(F)ccc2[N+](=O)[O-])cc1. The molecule has 0 atom stereocenters. The van der Waals surface area contributed by atoms with Crippen LogP contribution in [0.3, 0.4) is 0 Å². The molecule has 0 saturated carbocycles. The third kappa shape index (κ3) is 2.97. The maximum absolute atomic E-state index is 13.3. The van der Waals surface area contributed by atoms with Gasteiger partial charge >= 0.3 is 6.09 Å². The number of carbonyl (C=O) groups is 1. The van der Waals surface area contributed by atoms with Gasteiger partial charge in [-0.25, -0.2) is 9.18 Å². The van der Waals surface area contributed by atoms with Crippen molar-refractivity contribution in [3.63, 3.8) is 0 Å². The van der Waals surface area contributed by atoms with Crippen LogP contribution in [0.15, 0.2) is 42.5 Å². The lowest BCUT2D eigenvalue weighted by Crippen LogP contribution is -2.23. The second kappa shape index (κ2) is 5.58. The zero-order valence-electron chi connectivity index (χ0n) is 11.0. The maximum atomic E-state index is 13.3. The largest absolute Gasteiger partial charge is 0.465 e. The van der Waals surface area contributed by atoms with Crippen molar-refractivity contribution in [3.8, 4) is 11.1 Å². The highest BCUT2D eigenvalue weighted by atomic mass is 19.1. The predicted molar refractivity (Wildman–Crippen MR) is 74.9 cm³/mol. The molecule has 2 aromatic rings. The first-order valence-corrected chi connectivity index (χ1v) is 5.91. The molecule has 0 aliphatic carbocycles. The van der Waals surface area contributed by atoms with Crippen molar-refractivity contribution in [2.24, 2.45) is 0 Å². The summed E-state index contributed by atoms with van der Waals surface area (Å²) in [4.78, 5) is 22.2. The van der Waals surface area contributed by atoms with Crippen LogP contribution in [-0.2, 0) is 0 Å². The van der Waals surface area contributed by atoms with Gasteiger partial charge in [-0.3, -0.25) is 15.0 Å². The summed E-state index contributed by atoms with van der Waals surface area (Å²) in [6, 6.07) is 9.22. The number of rotatable bonds is 3. The van der Waals surface area contributed by atoms with Gasteiger partial charge in [0.05, 0.1) is 10.5 Å². The number of anilines is 1. The summed E-state index contributed by atoms with van der Waals surface area (Å²) in [6.45, 7) is 0. The van der Waals surface area contributed by atoms with E-state index < -0.39 is 16.8 Å². The predicted octanol–water partition coefficient (Wildman–Crippen LogP) is 3.52. The molecule has 0 aliphatic rings. The second-order valence-corrected chi connectivity index (χ2v) is 4.31. The van der Waals surface area contributed by atoms with Crippen molar-refractivity contribution in [2.45, 2.75) is 0 Å². The monoisotopic (exact) mass is 290 g/mol. The van der Waals surface area contributed by atoms with E-state index in [1.54, 1.807) is 0 Å². The van der Waals surface area contributed by atoms with Gasteiger partial charge in [-0.1, -0.05) is 12.1 Å². The van der Waals surface area contributed by atoms with Gasteiger partial charge < -0.3 is 5.11 Å². The van der Waals surface area contributed by atoms with Crippen LogP contribution in [0.4, 0.5) is 20.6 Å². The average Bonchev–Trinajstić information content (AvgIpc) is 2.46. The Morgan fingerprint density at radius 1 is 1.24 bits per heavy atom. The van der Waals surface area contributed by atoms with Crippen molar-refractivity contribution in [1.82, 2.24) is 0 Å². The fourth-order valence-electron chi connectivity index (χ4n) is 1.87. The van der Waals surface area contributed by atoms with Crippen LogP contribution in [0.25, 0.3) is 11.1 Å². The molecule has 1 amide bonds. The highest BCUT2D eigenvalue weighted by Crippen LogP contribution is 2.31. The average molecular weight is 290 g/mol. The fraction of sp³-hybridized carbons (Fsp3) is 0.0714. The van der Waals surface area contributed by atoms with Crippen molar-refractivity contribution < 1.29 is 19.2 Å². The maximum Gasteiger partial charge on any atom is 0.411 e. The lowest BCUT2D eigenvalue weighted by Gasteiger charge is -2.13. The van der Waals surface area contributed by atoms with E-state index in [1.165, 1.54) is 31.3 Å². The molecule has 7 heteroatoms. The van der Waals surface area contributed by atoms with E-state index in [-0.39, 0.29) is 11.3 Å². The van der Waals surface area contributed by atoms with E-state index in [0.29, 0.717) is 11.3 Å². The van der Waals surface area contributed by atoms with Crippen LogP contribution in [0.2, 0.25) is 0 Å². The van der Waals surface area contributed by atoms with E-state index in [1.807, 2.05) is 0 Å². The first-order valence-electron chi connectivity index (χ1n) is 5.91. The number of carboxylic acid groups (broad SMARTS) is 1. The number of benzene rings is 2. The minimum absolute atomic E-state index is 0.143. The summed E-state index contributed by atoms with van der Waals surface area (Å²) < 4.78 is 13.3. The molecule has 1 N–H and O–H groups in total. The summed E-state index contributed by atoms with van der Waals surface area (Å²) >= 11 is 0. The zero-order chi connectivity index (χ0) is 15.6. The van der Waals surface area contributed by atoms with Gasteiger partial charge in [0, 0.05) is 18.8 Å². The molecule has 6 nitrogen and oxygen atoms in total. The molecule has 108 valence electrons. The Bertz CT molecular complexity index is 701. The number of amides is 1. The summed E-state index contributed by atoms with van der Waals surface area (Å²) in [5, 5.41) is 19.8. The second-order valence-electron chi connectivity index (χ2n) is 4.31. The van der Waals surface area contributed by atoms with Gasteiger partial charge in [-0.05, 0) is 29.8 Å². The Morgan fingerprint density at radius 2 is 1.86 bits per heavy atom. The Labute approximate surface area is 119 Å². The molecule has 0 fully saturated rings. The molecule has 0 saturated heterocycles. The summed E-state index contributed by atoms with van der Waals surface area (Å²) in [6.07, 6.45) is -1.13. The topological polar surface area (TPSA) is 83.7 Å². The first kappa shape index (κ1) is 14.4. The van der Waals surface area contributed by atoms with Gasteiger partial charge in [-0.15, -0.1) is 0 Å². The number of hydrogen-bond acceptors (Lipinski definition) is 3. The van der Waals surface area contributed by atoms with Crippen molar-refractivity contribution in [1.29, 1.82) is 0 Å². The molecule has 0 unspecified atom stereocenters. The smallest absolute Gasteiger partial charge is 0.411 e. The van der Waals surface area contributed by atoms with Gasteiger partial charge in [0.2, 0.25) is 0 Å². The van der Waals surface area contributed by atoms with Crippen LogP contribution in [0.1, 0.15) is 0 Å². The minimum atomic E-state index is -1.13. The minimum Gasteiger partial charge on any atom is -0.465 e. The van der Waals surface area contributed by atoms with Crippen LogP contribution in [0, 0.1) is 15.9 Å². The summed E-state index contributed by atoms with van der Waals surface area (Å²) in [7, 11) is 1.38. The Hall–Kier alpha value is -2.96. The summed E-state index contributed by atoms with van der Waals surface area (Å²) in [5.41, 5.74) is 0.773. The number of nitro groups is 1. The van der Waals surface area contributed by atoms with Crippen LogP contribution in [0.5, 0.6) is 0 Å². The van der Waals surface area contributed by atoms with Crippen molar-refractivity contribution >= 4 is 17.5 Å². The molecule has 0 bridgehead atoms. The van der Waals surface area contributed by atoms with E-state index in [4.69, 9.17) is 5.11 Å². The normalized spacial score (nSPS) is 10.2. The molecule has 0 radical (unpaired) electrons. The lowest BCUT2D eigenvalue weighted by molar-refractivity contribution is -0.384. The van der Waals surface area contributed by atoms with Crippen molar-refractivity contribution in [2.75, 3.05) is 11.9 Å². The highest BCUT2D eigenvalue weighted by Gasteiger charge is 2.16. The summed E-state index contributed by atoms with van der Waals surface area (Å²) in [5.74, 6) is -0.581. The molecule has 2 aromatic carbocycles. The molecule has 0 heterocycles. The molecule has 21 heavy (non-hydrogen) atoms. The zero-order valence-corrected chi connectivity index (χ0v) is 11.0. The molecule has 0 spiro atoms. The van der Waals surface area contributed by atoms with Crippen LogP contribution < -0.4 is 4.90 Å². The number of hydrogen-bond donors (Lipinski definition) is 1. The molecule has 0 aromatic heterocycles. The van der Waals surface area contributed by atoms with Crippen molar-refractivity contribution in [3.05, 3.63) is 58.4 Å². The molecular weight excluding hydrogens is 279 g/mol. The first-order chi connectivity index (χ1) is 9.90. The number of nitrogens with zero attached hydrogens (tertiary/aromatic N) is 2. The van der Waals surface area contributed by atoms with Gasteiger partial charge in [0.15, 0.2) is 0 Å². The van der Waals surface area contributed by atoms with Crippen LogP contribution in [-0.4, -0.2) is 23.2 Å². The standard InChI is InChI=1S/C14H11FN2O4/c1-16(14(18)19)11-5-2-9(3-6-11)12-8-10(15)4-7-13(12)17(20)21/h2-8H,1H3,(H,18,19). The number of halogens is 1. The Morgan fingerprint density at radius 3 is 2.38 bits per heavy atom. The molecular formula is C14H11FN2O4. The van der Waals surface area contributed by atoms with Gasteiger partial charge in [0.25, 0.3) is 5.69 Å². The Balaban J connectivity index is 2.46.